The molecule has 1 atom stereocenters. The van der Waals surface area contributed by atoms with Gasteiger partial charge < -0.3 is 4.74 Å². The average molecular weight is 249 g/mol. The van der Waals surface area contributed by atoms with E-state index in [1.54, 1.807) is 0 Å². The van der Waals surface area contributed by atoms with Gasteiger partial charge in [-0.25, -0.2) is 4.39 Å². The number of esters is 1. The molecule has 92 valence electrons. The van der Waals surface area contributed by atoms with Gasteiger partial charge >= 0.3 is 5.97 Å². The first-order valence-electron chi connectivity index (χ1n) is 5.03. The third-order valence-corrected chi connectivity index (χ3v) is 2.87. The Morgan fingerprint density at radius 3 is 2.94 bits per heavy atom. The van der Waals surface area contributed by atoms with E-state index >= 15 is 0 Å². The number of halogens is 1. The van der Waals surface area contributed by atoms with Crippen LogP contribution in [0.1, 0.15) is 15.9 Å². The number of hydrogen-bond donors (Lipinski definition) is 0. The molecule has 0 bridgehead atoms. The van der Waals surface area contributed by atoms with E-state index in [1.807, 2.05) is 0 Å². The largest absolute Gasteiger partial charge is 0.468 e. The van der Waals surface area contributed by atoms with Crippen LogP contribution in [-0.2, 0) is 16.0 Å². The van der Waals surface area contributed by atoms with Gasteiger partial charge in [0.1, 0.15) is 5.82 Å². The van der Waals surface area contributed by atoms with E-state index in [0.717, 1.165) is 19.2 Å². The van der Waals surface area contributed by atoms with Gasteiger partial charge in [-0.1, -0.05) is 5.11 Å². The molecule has 1 aromatic carbocycles. The SMILES string of the molecule is COC(=O)C1(N=[N+]=[N-])Cc2cc(F)ccc2C1=O. The first-order chi connectivity index (χ1) is 8.55. The number of azide groups is 1. The Hall–Kier alpha value is -2.40. The Kier molecular flexibility index (Phi) is 2.76. The maximum absolute atomic E-state index is 13.1. The molecule has 0 aliphatic heterocycles. The van der Waals surface area contributed by atoms with Crippen molar-refractivity contribution in [2.45, 2.75) is 12.0 Å². The number of nitrogens with zero attached hydrogens (tertiary/aromatic N) is 3. The normalized spacial score (nSPS) is 21.1. The van der Waals surface area contributed by atoms with Crippen LogP contribution in [0.15, 0.2) is 23.3 Å². The van der Waals surface area contributed by atoms with Crippen LogP contribution in [-0.4, -0.2) is 24.4 Å². The van der Waals surface area contributed by atoms with Crippen LogP contribution in [0.2, 0.25) is 0 Å². The van der Waals surface area contributed by atoms with Gasteiger partial charge in [-0.3, -0.25) is 9.59 Å². The zero-order valence-corrected chi connectivity index (χ0v) is 9.38. The highest BCUT2D eigenvalue weighted by atomic mass is 19.1. The molecule has 0 aromatic heterocycles. The van der Waals surface area contributed by atoms with Gasteiger partial charge in [-0.15, -0.1) is 0 Å². The molecule has 0 heterocycles. The Balaban J connectivity index is 2.59. The summed E-state index contributed by atoms with van der Waals surface area (Å²) in [6.07, 6.45) is -0.185. The molecule has 18 heavy (non-hydrogen) atoms. The summed E-state index contributed by atoms with van der Waals surface area (Å²) >= 11 is 0. The zero-order chi connectivity index (χ0) is 13.3. The lowest BCUT2D eigenvalue weighted by molar-refractivity contribution is -0.144. The second-order valence-corrected chi connectivity index (χ2v) is 3.85. The third kappa shape index (κ3) is 1.53. The summed E-state index contributed by atoms with van der Waals surface area (Å²) in [6, 6.07) is 3.52. The van der Waals surface area contributed by atoms with Gasteiger partial charge in [0, 0.05) is 16.9 Å². The minimum atomic E-state index is -1.94. The van der Waals surface area contributed by atoms with Crippen LogP contribution >= 0.6 is 0 Å². The number of rotatable bonds is 2. The zero-order valence-electron chi connectivity index (χ0n) is 9.38. The molecule has 0 saturated heterocycles. The lowest BCUT2D eigenvalue weighted by Gasteiger charge is -2.17. The van der Waals surface area contributed by atoms with Crippen molar-refractivity contribution in [2.24, 2.45) is 5.11 Å². The molecule has 1 aromatic rings. The number of carbonyl (C=O) groups excluding carboxylic acids is 2. The molecule has 0 spiro atoms. The predicted molar refractivity (Wildman–Crippen MR) is 58.3 cm³/mol. The molecule has 1 aliphatic rings. The van der Waals surface area contributed by atoms with Gasteiger partial charge in [0.25, 0.3) is 0 Å². The second kappa shape index (κ2) is 4.12. The second-order valence-electron chi connectivity index (χ2n) is 3.85. The first-order valence-corrected chi connectivity index (χ1v) is 5.03. The number of ketones is 1. The summed E-state index contributed by atoms with van der Waals surface area (Å²) in [5, 5.41) is 3.29. The van der Waals surface area contributed by atoms with E-state index in [0.29, 0.717) is 5.56 Å². The van der Waals surface area contributed by atoms with Crippen LogP contribution in [0.3, 0.4) is 0 Å². The molecule has 0 radical (unpaired) electrons. The Morgan fingerprint density at radius 1 is 1.61 bits per heavy atom. The molecule has 0 fully saturated rings. The maximum atomic E-state index is 13.1. The minimum absolute atomic E-state index is 0.175. The van der Waals surface area contributed by atoms with E-state index in [-0.39, 0.29) is 12.0 Å². The van der Waals surface area contributed by atoms with Gasteiger partial charge in [0.2, 0.25) is 5.54 Å². The number of hydrogen-bond acceptors (Lipinski definition) is 4. The lowest BCUT2D eigenvalue weighted by Crippen LogP contribution is -2.43. The van der Waals surface area contributed by atoms with E-state index in [2.05, 4.69) is 14.8 Å². The summed E-state index contributed by atoms with van der Waals surface area (Å²) in [6.45, 7) is 0. The molecular weight excluding hydrogens is 241 g/mol. The van der Waals surface area contributed by atoms with Crippen LogP contribution in [0.4, 0.5) is 4.39 Å². The van der Waals surface area contributed by atoms with Crippen molar-refractivity contribution < 1.29 is 18.7 Å². The molecule has 2 rings (SSSR count). The third-order valence-electron chi connectivity index (χ3n) is 2.87. The fourth-order valence-corrected chi connectivity index (χ4v) is 2.04. The summed E-state index contributed by atoms with van der Waals surface area (Å²) in [4.78, 5) is 26.3. The van der Waals surface area contributed by atoms with Crippen molar-refractivity contribution in [3.8, 4) is 0 Å². The molecule has 0 amide bonds. The number of ether oxygens (including phenoxy) is 1. The van der Waals surface area contributed by atoms with Gasteiger partial charge in [-0.2, -0.15) is 0 Å². The molecule has 7 heteroatoms. The van der Waals surface area contributed by atoms with Crippen LogP contribution in [0.25, 0.3) is 10.4 Å². The number of fused-ring (bicyclic) bond motifs is 1. The summed E-state index contributed by atoms with van der Waals surface area (Å²) in [5.41, 5.74) is 7.07. The van der Waals surface area contributed by atoms with E-state index in [4.69, 9.17) is 5.53 Å². The highest BCUT2D eigenvalue weighted by Crippen LogP contribution is 2.34. The number of Topliss-reactive ketones (excluding diaryl/α,β-unsaturated/α-hetero) is 1. The Labute approximate surface area is 101 Å². The van der Waals surface area contributed by atoms with Gasteiger partial charge in [-0.05, 0) is 29.3 Å². The van der Waals surface area contributed by atoms with Crippen LogP contribution in [0, 0.1) is 5.82 Å². The first kappa shape index (κ1) is 12.1. The van der Waals surface area contributed by atoms with Crippen molar-refractivity contribution in [1.82, 2.24) is 0 Å². The summed E-state index contributed by atoms with van der Waals surface area (Å²) in [5.74, 6) is -2.13. The fraction of sp³-hybridized carbons (Fsp3) is 0.273. The molecular formula is C11H8FN3O3. The quantitative estimate of drug-likeness (QED) is 0.263. The standard InChI is InChI=1S/C11H8FN3O3/c1-18-10(17)11(14-15-13)5-6-4-7(12)2-3-8(6)9(11)16/h2-4H,5H2,1H3. The van der Waals surface area contributed by atoms with Gasteiger partial charge in [0.15, 0.2) is 5.78 Å². The molecule has 0 saturated carbocycles. The fourth-order valence-electron chi connectivity index (χ4n) is 2.04. The smallest absolute Gasteiger partial charge is 0.326 e. The average Bonchev–Trinajstić information content (AvgIpc) is 2.62. The number of carbonyl (C=O) groups is 2. The minimum Gasteiger partial charge on any atom is -0.468 e. The highest BCUT2D eigenvalue weighted by Gasteiger charge is 2.52. The van der Waals surface area contributed by atoms with E-state index < -0.39 is 23.1 Å². The maximum Gasteiger partial charge on any atom is 0.326 e. The van der Waals surface area contributed by atoms with Crippen molar-refractivity contribution in [1.29, 1.82) is 0 Å². The van der Waals surface area contributed by atoms with Crippen molar-refractivity contribution >= 4 is 11.8 Å². The topological polar surface area (TPSA) is 92.1 Å². The monoisotopic (exact) mass is 249 g/mol. The lowest BCUT2D eigenvalue weighted by atomic mass is 9.96. The van der Waals surface area contributed by atoms with Crippen LogP contribution < -0.4 is 0 Å². The van der Waals surface area contributed by atoms with Gasteiger partial charge in [0.05, 0.1) is 7.11 Å². The van der Waals surface area contributed by atoms with E-state index in [1.165, 1.54) is 6.07 Å². The number of benzene rings is 1. The molecule has 1 aliphatic carbocycles. The van der Waals surface area contributed by atoms with Crippen molar-refractivity contribution in [2.75, 3.05) is 7.11 Å². The van der Waals surface area contributed by atoms with Crippen molar-refractivity contribution in [3.63, 3.8) is 0 Å². The van der Waals surface area contributed by atoms with E-state index in [9.17, 15) is 14.0 Å². The Morgan fingerprint density at radius 2 is 2.33 bits per heavy atom. The molecule has 1 unspecified atom stereocenters. The Bertz CT molecular complexity index is 595. The van der Waals surface area contributed by atoms with Crippen molar-refractivity contribution in [3.05, 3.63) is 45.6 Å². The molecule has 6 nitrogen and oxygen atoms in total. The predicted octanol–water partition coefficient (Wildman–Crippen LogP) is 1.79. The highest BCUT2D eigenvalue weighted by molar-refractivity contribution is 6.20. The number of methoxy groups -OCH3 is 1. The summed E-state index contributed by atoms with van der Waals surface area (Å²) < 4.78 is 17.6. The summed E-state index contributed by atoms with van der Waals surface area (Å²) in [7, 11) is 1.09. The molecule has 0 N–H and O–H groups in total. The van der Waals surface area contributed by atoms with Crippen LogP contribution in [0.5, 0.6) is 0 Å².